The van der Waals surface area contributed by atoms with Crippen molar-refractivity contribution < 1.29 is 4.74 Å². The molecule has 1 aromatic heterocycles. The van der Waals surface area contributed by atoms with Crippen LogP contribution < -0.4 is 0 Å². The predicted octanol–water partition coefficient (Wildman–Crippen LogP) is 3.34. The molecule has 0 bridgehead atoms. The lowest BCUT2D eigenvalue weighted by atomic mass is 10.1. The van der Waals surface area contributed by atoms with Crippen LogP contribution in [0, 0.1) is 0 Å². The standard InChI is InChI=1S/C11H17ClN2OS/c1-8(12)11-14-13-10(16-11)6-5-9-4-2-3-7-15-9/h8-9H,2-7H2,1H3. The average Bonchev–Trinajstić information content (AvgIpc) is 2.76. The molecule has 0 amide bonds. The zero-order chi connectivity index (χ0) is 11.4. The Morgan fingerprint density at radius 1 is 1.50 bits per heavy atom. The summed E-state index contributed by atoms with van der Waals surface area (Å²) in [6.07, 6.45) is 6.15. The van der Waals surface area contributed by atoms with Crippen LogP contribution in [-0.2, 0) is 11.2 Å². The third-order valence-electron chi connectivity index (χ3n) is 2.78. The van der Waals surface area contributed by atoms with Gasteiger partial charge in [-0.05, 0) is 32.6 Å². The van der Waals surface area contributed by atoms with Crippen LogP contribution in [0.5, 0.6) is 0 Å². The summed E-state index contributed by atoms with van der Waals surface area (Å²) in [5.41, 5.74) is 0. The van der Waals surface area contributed by atoms with Gasteiger partial charge in [-0.15, -0.1) is 21.8 Å². The van der Waals surface area contributed by atoms with Crippen LogP contribution in [0.4, 0.5) is 0 Å². The van der Waals surface area contributed by atoms with Crippen molar-refractivity contribution in [3.8, 4) is 0 Å². The van der Waals surface area contributed by atoms with E-state index >= 15 is 0 Å². The van der Waals surface area contributed by atoms with Crippen molar-refractivity contribution in [2.75, 3.05) is 6.61 Å². The van der Waals surface area contributed by atoms with Crippen molar-refractivity contribution in [1.29, 1.82) is 0 Å². The number of rotatable bonds is 4. The van der Waals surface area contributed by atoms with E-state index in [2.05, 4.69) is 10.2 Å². The van der Waals surface area contributed by atoms with E-state index in [1.807, 2.05) is 6.92 Å². The van der Waals surface area contributed by atoms with Gasteiger partial charge in [-0.25, -0.2) is 0 Å². The van der Waals surface area contributed by atoms with Gasteiger partial charge in [0.25, 0.3) is 0 Å². The van der Waals surface area contributed by atoms with E-state index in [1.165, 1.54) is 19.3 Å². The smallest absolute Gasteiger partial charge is 0.135 e. The van der Waals surface area contributed by atoms with E-state index in [4.69, 9.17) is 16.3 Å². The molecule has 0 aromatic carbocycles. The monoisotopic (exact) mass is 260 g/mol. The van der Waals surface area contributed by atoms with Crippen LogP contribution in [0.15, 0.2) is 0 Å². The number of halogens is 1. The van der Waals surface area contributed by atoms with Gasteiger partial charge in [-0.3, -0.25) is 0 Å². The quantitative estimate of drug-likeness (QED) is 0.779. The number of alkyl halides is 1. The third-order valence-corrected chi connectivity index (χ3v) is 4.28. The molecule has 2 unspecified atom stereocenters. The van der Waals surface area contributed by atoms with Crippen LogP contribution in [0.25, 0.3) is 0 Å². The second-order valence-electron chi connectivity index (χ2n) is 4.18. The fourth-order valence-corrected chi connectivity index (χ4v) is 2.81. The van der Waals surface area contributed by atoms with Gasteiger partial charge in [-0.2, -0.15) is 0 Å². The molecule has 2 atom stereocenters. The molecule has 90 valence electrons. The van der Waals surface area contributed by atoms with Gasteiger partial charge in [0.05, 0.1) is 11.5 Å². The molecule has 0 saturated carbocycles. The zero-order valence-corrected chi connectivity index (χ0v) is 11.1. The molecule has 16 heavy (non-hydrogen) atoms. The Morgan fingerprint density at radius 3 is 3.00 bits per heavy atom. The molecule has 0 aliphatic carbocycles. The van der Waals surface area contributed by atoms with E-state index < -0.39 is 0 Å². The highest BCUT2D eigenvalue weighted by Crippen LogP contribution is 2.24. The highest BCUT2D eigenvalue weighted by atomic mass is 35.5. The van der Waals surface area contributed by atoms with E-state index in [0.717, 1.165) is 29.5 Å². The summed E-state index contributed by atoms with van der Waals surface area (Å²) in [7, 11) is 0. The third kappa shape index (κ3) is 3.40. The number of ether oxygens (including phenoxy) is 1. The first-order valence-corrected chi connectivity index (χ1v) is 7.09. The molecule has 0 N–H and O–H groups in total. The van der Waals surface area contributed by atoms with Gasteiger partial charge < -0.3 is 4.74 Å². The molecule has 1 saturated heterocycles. The fourth-order valence-electron chi connectivity index (χ4n) is 1.85. The maximum absolute atomic E-state index is 5.95. The first-order chi connectivity index (χ1) is 7.75. The van der Waals surface area contributed by atoms with Crippen LogP contribution in [0.2, 0.25) is 0 Å². The van der Waals surface area contributed by atoms with Gasteiger partial charge in [0.2, 0.25) is 0 Å². The zero-order valence-electron chi connectivity index (χ0n) is 9.49. The molecule has 1 fully saturated rings. The molecule has 3 nitrogen and oxygen atoms in total. The Bertz CT molecular complexity index is 324. The van der Waals surface area contributed by atoms with Gasteiger partial charge in [0.1, 0.15) is 10.0 Å². The minimum atomic E-state index is -0.0304. The molecule has 2 heterocycles. The highest BCUT2D eigenvalue weighted by molar-refractivity contribution is 7.11. The maximum atomic E-state index is 5.95. The highest BCUT2D eigenvalue weighted by Gasteiger charge is 2.15. The molecule has 0 spiro atoms. The summed E-state index contributed by atoms with van der Waals surface area (Å²) in [6.45, 7) is 2.85. The van der Waals surface area contributed by atoms with Crippen LogP contribution in [-0.4, -0.2) is 22.9 Å². The number of hydrogen-bond acceptors (Lipinski definition) is 4. The van der Waals surface area contributed by atoms with E-state index in [0.29, 0.717) is 6.10 Å². The van der Waals surface area contributed by atoms with Crippen molar-refractivity contribution >= 4 is 22.9 Å². The first-order valence-electron chi connectivity index (χ1n) is 5.83. The van der Waals surface area contributed by atoms with E-state index in [9.17, 15) is 0 Å². The first kappa shape index (κ1) is 12.3. The van der Waals surface area contributed by atoms with Gasteiger partial charge >= 0.3 is 0 Å². The lowest BCUT2D eigenvalue weighted by molar-refractivity contribution is 0.0115. The number of aryl methyl sites for hydroxylation is 1. The van der Waals surface area contributed by atoms with Crippen molar-refractivity contribution in [3.63, 3.8) is 0 Å². The normalized spacial score (nSPS) is 23.2. The minimum absolute atomic E-state index is 0.0304. The Hall–Kier alpha value is -0.190. The Balaban J connectivity index is 1.79. The Morgan fingerprint density at radius 2 is 2.38 bits per heavy atom. The molecular formula is C11H17ClN2OS. The van der Waals surface area contributed by atoms with Gasteiger partial charge in [0.15, 0.2) is 0 Å². The number of hydrogen-bond donors (Lipinski definition) is 0. The number of aromatic nitrogens is 2. The molecule has 1 aliphatic rings. The van der Waals surface area contributed by atoms with Gasteiger partial charge in [-0.1, -0.05) is 11.3 Å². The molecule has 1 aliphatic heterocycles. The van der Waals surface area contributed by atoms with Crippen molar-refractivity contribution in [1.82, 2.24) is 10.2 Å². The van der Waals surface area contributed by atoms with Crippen molar-refractivity contribution in [2.45, 2.75) is 50.5 Å². The topological polar surface area (TPSA) is 35.0 Å². The van der Waals surface area contributed by atoms with Crippen LogP contribution in [0.3, 0.4) is 0 Å². The summed E-state index contributed by atoms with van der Waals surface area (Å²) < 4.78 is 5.68. The largest absolute Gasteiger partial charge is 0.378 e. The fraction of sp³-hybridized carbons (Fsp3) is 0.818. The summed E-state index contributed by atoms with van der Waals surface area (Å²) in [4.78, 5) is 0. The summed E-state index contributed by atoms with van der Waals surface area (Å²) in [5, 5.41) is 10.2. The van der Waals surface area contributed by atoms with Crippen LogP contribution >= 0.6 is 22.9 Å². The number of nitrogens with zero attached hydrogens (tertiary/aromatic N) is 2. The van der Waals surface area contributed by atoms with Crippen LogP contribution in [0.1, 0.15) is 48.0 Å². The van der Waals surface area contributed by atoms with E-state index in [1.54, 1.807) is 11.3 Å². The molecule has 5 heteroatoms. The summed E-state index contributed by atoms with van der Waals surface area (Å²) in [5.74, 6) is 0. The van der Waals surface area contributed by atoms with Crippen molar-refractivity contribution in [3.05, 3.63) is 10.0 Å². The Kier molecular flexibility index (Phi) is 4.55. The summed E-state index contributed by atoms with van der Waals surface area (Å²) in [6, 6.07) is 0. The minimum Gasteiger partial charge on any atom is -0.378 e. The second kappa shape index (κ2) is 5.94. The molecular weight excluding hydrogens is 244 g/mol. The maximum Gasteiger partial charge on any atom is 0.135 e. The average molecular weight is 261 g/mol. The molecule has 0 radical (unpaired) electrons. The SMILES string of the molecule is CC(Cl)c1nnc(CCC2CCCCO2)s1. The lowest BCUT2D eigenvalue weighted by Crippen LogP contribution is -2.19. The molecule has 1 aromatic rings. The second-order valence-corrected chi connectivity index (χ2v) is 5.93. The Labute approximate surface area is 105 Å². The van der Waals surface area contributed by atoms with Crippen molar-refractivity contribution in [2.24, 2.45) is 0 Å². The lowest BCUT2D eigenvalue weighted by Gasteiger charge is -2.21. The van der Waals surface area contributed by atoms with E-state index in [-0.39, 0.29) is 5.38 Å². The predicted molar refractivity (Wildman–Crippen MR) is 66.1 cm³/mol. The summed E-state index contributed by atoms with van der Waals surface area (Å²) >= 11 is 7.57. The van der Waals surface area contributed by atoms with Gasteiger partial charge in [0, 0.05) is 13.0 Å². The molecule has 2 rings (SSSR count).